The molecule has 1 N–H and O–H groups in total. The number of carbonyl (C=O) groups excluding carboxylic acids is 2. The van der Waals surface area contributed by atoms with Crippen molar-refractivity contribution < 1.29 is 14.3 Å². The Labute approximate surface area is 182 Å². The molecule has 2 aromatic rings. The Morgan fingerprint density at radius 2 is 2.03 bits per heavy atom. The first-order valence-electron chi connectivity index (χ1n) is 10.9. The first kappa shape index (κ1) is 22.5. The Hall–Kier alpha value is -3.21. The molecule has 0 radical (unpaired) electrons. The van der Waals surface area contributed by atoms with Crippen molar-refractivity contribution >= 4 is 28.7 Å². The summed E-state index contributed by atoms with van der Waals surface area (Å²) < 4.78 is 5.21. The van der Waals surface area contributed by atoms with Crippen molar-refractivity contribution in [2.24, 2.45) is 5.92 Å². The molecule has 8 heteroatoms. The molecule has 1 saturated heterocycles. The van der Waals surface area contributed by atoms with Crippen molar-refractivity contribution in [3.63, 3.8) is 0 Å². The second-order valence-electron chi connectivity index (χ2n) is 7.67. The molecule has 8 nitrogen and oxygen atoms in total. The van der Waals surface area contributed by atoms with E-state index < -0.39 is 5.92 Å². The Morgan fingerprint density at radius 1 is 1.29 bits per heavy atom. The molecule has 0 aliphatic carbocycles. The summed E-state index contributed by atoms with van der Waals surface area (Å²) in [5, 5.41) is 12.7. The van der Waals surface area contributed by atoms with Crippen LogP contribution in [0.25, 0.3) is 11.0 Å². The van der Waals surface area contributed by atoms with Gasteiger partial charge in [-0.1, -0.05) is 25.5 Å². The average molecular weight is 424 g/mol. The summed E-state index contributed by atoms with van der Waals surface area (Å²) in [6, 6.07) is 9.50. The lowest BCUT2D eigenvalue weighted by atomic mass is 9.97. The lowest BCUT2D eigenvalue weighted by molar-refractivity contribution is -0.148. The van der Waals surface area contributed by atoms with E-state index in [9.17, 15) is 14.9 Å². The lowest BCUT2D eigenvalue weighted by Crippen LogP contribution is -2.41. The summed E-state index contributed by atoms with van der Waals surface area (Å²) in [6.07, 6.45) is 3.32. The van der Waals surface area contributed by atoms with Crippen LogP contribution in [0, 0.1) is 17.2 Å². The Kier molecular flexibility index (Phi) is 7.76. The number of fused-ring (bicyclic) bond motifs is 1. The normalized spacial score (nSPS) is 17.1. The summed E-state index contributed by atoms with van der Waals surface area (Å²) >= 11 is 0. The van der Waals surface area contributed by atoms with Gasteiger partial charge in [-0.05, 0) is 38.3 Å². The molecule has 31 heavy (non-hydrogen) atoms. The molecule has 1 aromatic carbocycles. The van der Waals surface area contributed by atoms with Gasteiger partial charge in [0.05, 0.1) is 29.6 Å². The van der Waals surface area contributed by atoms with E-state index in [1.807, 2.05) is 36.1 Å². The molecular formula is C23H29N5O3. The molecule has 1 amide bonds. The molecule has 3 rings (SSSR count). The predicted molar refractivity (Wildman–Crippen MR) is 117 cm³/mol. The van der Waals surface area contributed by atoms with Crippen molar-refractivity contribution in [3.05, 3.63) is 30.0 Å². The van der Waals surface area contributed by atoms with Crippen molar-refractivity contribution in [1.29, 1.82) is 5.26 Å². The molecule has 1 aromatic heterocycles. The summed E-state index contributed by atoms with van der Waals surface area (Å²) in [7, 11) is 0. The van der Waals surface area contributed by atoms with Gasteiger partial charge in [0.2, 0.25) is 5.91 Å². The third-order valence-corrected chi connectivity index (χ3v) is 5.41. The maximum atomic E-state index is 12.8. The average Bonchev–Trinajstić information content (AvgIpc) is 2.79. The fraction of sp³-hybridized carbons (Fsp3) is 0.522. The number of hydrogen-bond donors (Lipinski definition) is 1. The minimum atomic E-state index is -1.08. The van der Waals surface area contributed by atoms with Crippen LogP contribution in [0.3, 0.4) is 0 Å². The molecule has 0 unspecified atom stereocenters. The molecule has 164 valence electrons. The van der Waals surface area contributed by atoms with Crippen LogP contribution in [0.5, 0.6) is 0 Å². The standard InChI is InChI=1S/C23H29N5O3/c1-3-5-12-25-22(29)17(14-24)20-21(27-19-11-7-6-10-18(19)26-20)28-13-8-9-16(15-28)23(30)31-4-2/h6-7,10-11,16-17H,3-5,8-9,12-13,15H2,1-2H3,(H,25,29)/t16-,17-/m0/s1. The van der Waals surface area contributed by atoms with Crippen molar-refractivity contribution in [2.75, 3.05) is 31.1 Å². The predicted octanol–water partition coefficient (Wildman–Crippen LogP) is 2.93. The number of nitrogens with zero attached hydrogens (tertiary/aromatic N) is 4. The first-order chi connectivity index (χ1) is 15.1. The highest BCUT2D eigenvalue weighted by molar-refractivity contribution is 5.89. The number of hydrogen-bond acceptors (Lipinski definition) is 7. The number of para-hydroxylation sites is 2. The zero-order chi connectivity index (χ0) is 22.2. The number of benzene rings is 1. The van der Waals surface area contributed by atoms with Crippen LogP contribution in [0.2, 0.25) is 0 Å². The second kappa shape index (κ2) is 10.7. The van der Waals surface area contributed by atoms with E-state index in [4.69, 9.17) is 9.72 Å². The number of amides is 1. The van der Waals surface area contributed by atoms with Gasteiger partial charge in [-0.25, -0.2) is 9.97 Å². The smallest absolute Gasteiger partial charge is 0.310 e. The number of nitrogens with one attached hydrogen (secondary N) is 1. The highest BCUT2D eigenvalue weighted by Crippen LogP contribution is 2.30. The Balaban J connectivity index is 1.98. The van der Waals surface area contributed by atoms with Gasteiger partial charge < -0.3 is 15.0 Å². The summed E-state index contributed by atoms with van der Waals surface area (Å²) in [5.74, 6) is -1.46. The van der Waals surface area contributed by atoms with E-state index in [2.05, 4.69) is 16.4 Å². The van der Waals surface area contributed by atoms with Crippen LogP contribution in [0.4, 0.5) is 5.82 Å². The zero-order valence-corrected chi connectivity index (χ0v) is 18.1. The van der Waals surface area contributed by atoms with Crippen LogP contribution < -0.4 is 10.2 Å². The molecule has 0 spiro atoms. The molecule has 0 saturated carbocycles. The largest absolute Gasteiger partial charge is 0.466 e. The van der Waals surface area contributed by atoms with Crippen molar-refractivity contribution in [3.8, 4) is 6.07 Å². The number of piperidine rings is 1. The fourth-order valence-electron chi connectivity index (χ4n) is 3.79. The quantitative estimate of drug-likeness (QED) is 0.514. The van der Waals surface area contributed by atoms with E-state index in [0.29, 0.717) is 48.8 Å². The van der Waals surface area contributed by atoms with Gasteiger partial charge in [0, 0.05) is 19.6 Å². The first-order valence-corrected chi connectivity index (χ1v) is 10.9. The van der Waals surface area contributed by atoms with E-state index in [-0.39, 0.29) is 17.8 Å². The van der Waals surface area contributed by atoms with Gasteiger partial charge in [-0.3, -0.25) is 9.59 Å². The van der Waals surface area contributed by atoms with Gasteiger partial charge in [0.15, 0.2) is 11.7 Å². The van der Waals surface area contributed by atoms with E-state index in [1.54, 1.807) is 6.92 Å². The van der Waals surface area contributed by atoms with Crippen LogP contribution in [-0.4, -0.2) is 48.1 Å². The number of ether oxygens (including phenoxy) is 1. The molecule has 1 fully saturated rings. The monoisotopic (exact) mass is 423 g/mol. The van der Waals surface area contributed by atoms with E-state index in [0.717, 1.165) is 25.7 Å². The third-order valence-electron chi connectivity index (χ3n) is 5.41. The number of carbonyl (C=O) groups is 2. The Bertz CT molecular complexity index is 971. The number of esters is 1. The minimum Gasteiger partial charge on any atom is -0.466 e. The molecule has 2 atom stereocenters. The highest BCUT2D eigenvalue weighted by Gasteiger charge is 2.33. The van der Waals surface area contributed by atoms with Gasteiger partial charge >= 0.3 is 5.97 Å². The fourth-order valence-corrected chi connectivity index (χ4v) is 3.79. The SMILES string of the molecule is CCCCNC(=O)[C@@H](C#N)c1nc2ccccc2nc1N1CCC[C@H](C(=O)OCC)C1. The number of aromatic nitrogens is 2. The minimum absolute atomic E-state index is 0.225. The number of anilines is 1. The topological polar surface area (TPSA) is 108 Å². The second-order valence-corrected chi connectivity index (χ2v) is 7.67. The maximum Gasteiger partial charge on any atom is 0.310 e. The van der Waals surface area contributed by atoms with Crippen LogP contribution in [-0.2, 0) is 14.3 Å². The summed E-state index contributed by atoms with van der Waals surface area (Å²) in [5.41, 5.74) is 1.64. The molecule has 1 aliphatic rings. The van der Waals surface area contributed by atoms with Gasteiger partial charge in [-0.15, -0.1) is 0 Å². The van der Waals surface area contributed by atoms with Crippen LogP contribution >= 0.6 is 0 Å². The van der Waals surface area contributed by atoms with E-state index in [1.165, 1.54) is 0 Å². The van der Waals surface area contributed by atoms with Gasteiger partial charge in [0.25, 0.3) is 0 Å². The molecule has 2 heterocycles. The van der Waals surface area contributed by atoms with Crippen molar-refractivity contribution in [2.45, 2.75) is 45.4 Å². The molecule has 1 aliphatic heterocycles. The summed E-state index contributed by atoms with van der Waals surface area (Å²) in [4.78, 5) is 36.5. The molecule has 0 bridgehead atoms. The third kappa shape index (κ3) is 5.29. The van der Waals surface area contributed by atoms with E-state index >= 15 is 0 Å². The Morgan fingerprint density at radius 3 is 2.71 bits per heavy atom. The van der Waals surface area contributed by atoms with Crippen molar-refractivity contribution in [1.82, 2.24) is 15.3 Å². The summed E-state index contributed by atoms with van der Waals surface area (Å²) in [6.45, 7) is 5.78. The highest BCUT2D eigenvalue weighted by atomic mass is 16.5. The number of unbranched alkanes of at least 4 members (excludes halogenated alkanes) is 1. The van der Waals surface area contributed by atoms with Crippen LogP contribution in [0.1, 0.15) is 51.1 Å². The molecular weight excluding hydrogens is 394 g/mol. The van der Waals surface area contributed by atoms with Gasteiger partial charge in [0.1, 0.15) is 5.69 Å². The van der Waals surface area contributed by atoms with Gasteiger partial charge in [-0.2, -0.15) is 5.26 Å². The van der Waals surface area contributed by atoms with Crippen LogP contribution in [0.15, 0.2) is 24.3 Å². The number of rotatable bonds is 8. The number of nitriles is 1. The lowest BCUT2D eigenvalue weighted by Gasteiger charge is -2.33. The zero-order valence-electron chi connectivity index (χ0n) is 18.1. The maximum absolute atomic E-state index is 12.8.